The Kier molecular flexibility index (Phi) is 4.43. The Balaban J connectivity index is 1.76. The first-order chi connectivity index (χ1) is 11.4. The van der Waals surface area contributed by atoms with Gasteiger partial charge in [0.2, 0.25) is 10.0 Å². The van der Waals surface area contributed by atoms with Gasteiger partial charge in [-0.2, -0.15) is 0 Å². The van der Waals surface area contributed by atoms with Gasteiger partial charge in [0.1, 0.15) is 0 Å². The second kappa shape index (κ2) is 6.37. The first kappa shape index (κ1) is 16.7. The minimum atomic E-state index is -3.52. The van der Waals surface area contributed by atoms with Gasteiger partial charge in [0.15, 0.2) is 0 Å². The number of hydrogen-bond acceptors (Lipinski definition) is 3. The zero-order valence-electron chi connectivity index (χ0n) is 14.0. The van der Waals surface area contributed by atoms with E-state index in [0.29, 0.717) is 5.92 Å². The van der Waals surface area contributed by atoms with Crippen LogP contribution < -0.4 is 4.72 Å². The lowest BCUT2D eigenvalue weighted by molar-refractivity contribution is 0.581. The number of nitrogens with zero attached hydrogens (tertiary/aromatic N) is 2. The monoisotopic (exact) mass is 343 g/mol. The lowest BCUT2D eigenvalue weighted by Crippen LogP contribution is -2.23. The van der Waals surface area contributed by atoms with E-state index >= 15 is 0 Å². The van der Waals surface area contributed by atoms with Crippen molar-refractivity contribution < 1.29 is 8.42 Å². The van der Waals surface area contributed by atoms with Gasteiger partial charge in [-0.3, -0.25) is 0 Å². The molecule has 126 valence electrons. The van der Waals surface area contributed by atoms with Crippen molar-refractivity contribution in [3.63, 3.8) is 0 Å². The first-order valence-corrected chi connectivity index (χ1v) is 9.35. The SMILES string of the molecule is CC(C)c1ccc(S(=O)(=O)NCc2ccc3c(c2)ncn3C)cc1. The van der Waals surface area contributed by atoms with Crippen LogP contribution in [0.1, 0.15) is 30.9 Å². The maximum absolute atomic E-state index is 12.4. The fraction of sp³-hybridized carbons (Fsp3) is 0.278. The number of benzene rings is 2. The van der Waals surface area contributed by atoms with E-state index in [9.17, 15) is 8.42 Å². The molecule has 0 unspecified atom stereocenters. The van der Waals surface area contributed by atoms with Crippen molar-refractivity contribution in [1.82, 2.24) is 14.3 Å². The average Bonchev–Trinajstić information content (AvgIpc) is 2.94. The highest BCUT2D eigenvalue weighted by Crippen LogP contribution is 2.18. The van der Waals surface area contributed by atoms with Gasteiger partial charge in [0.25, 0.3) is 0 Å². The average molecular weight is 343 g/mol. The number of rotatable bonds is 5. The second-order valence-electron chi connectivity index (χ2n) is 6.23. The number of aryl methyl sites for hydroxylation is 1. The van der Waals surface area contributed by atoms with Crippen molar-refractivity contribution in [2.24, 2.45) is 7.05 Å². The predicted octanol–water partition coefficient (Wildman–Crippen LogP) is 3.18. The molecule has 0 saturated heterocycles. The van der Waals surface area contributed by atoms with E-state index in [1.165, 1.54) is 0 Å². The smallest absolute Gasteiger partial charge is 0.240 e. The van der Waals surface area contributed by atoms with E-state index in [1.54, 1.807) is 18.5 Å². The van der Waals surface area contributed by atoms with E-state index in [2.05, 4.69) is 23.6 Å². The van der Waals surface area contributed by atoms with Crippen molar-refractivity contribution in [2.45, 2.75) is 31.2 Å². The maximum Gasteiger partial charge on any atom is 0.240 e. The van der Waals surface area contributed by atoms with Crippen LogP contribution in [0.25, 0.3) is 11.0 Å². The molecule has 1 heterocycles. The molecule has 0 saturated carbocycles. The van der Waals surface area contributed by atoms with Crippen LogP contribution in [0.3, 0.4) is 0 Å². The molecule has 0 aliphatic carbocycles. The van der Waals surface area contributed by atoms with Gasteiger partial charge in [0.05, 0.1) is 22.3 Å². The summed E-state index contributed by atoms with van der Waals surface area (Å²) < 4.78 is 29.4. The van der Waals surface area contributed by atoms with E-state index < -0.39 is 10.0 Å². The lowest BCUT2D eigenvalue weighted by atomic mass is 10.0. The number of imidazole rings is 1. The minimum Gasteiger partial charge on any atom is -0.334 e. The Morgan fingerprint density at radius 2 is 1.83 bits per heavy atom. The first-order valence-electron chi connectivity index (χ1n) is 7.86. The molecule has 1 aromatic heterocycles. The van der Waals surface area contributed by atoms with Crippen LogP contribution in [0, 0.1) is 0 Å². The van der Waals surface area contributed by atoms with Gasteiger partial charge in [-0.05, 0) is 41.3 Å². The van der Waals surface area contributed by atoms with Crippen LogP contribution in [0.2, 0.25) is 0 Å². The number of aromatic nitrogens is 2. The molecule has 24 heavy (non-hydrogen) atoms. The van der Waals surface area contributed by atoms with E-state index in [-0.39, 0.29) is 11.4 Å². The summed E-state index contributed by atoms with van der Waals surface area (Å²) in [5, 5.41) is 0. The summed E-state index contributed by atoms with van der Waals surface area (Å²) in [5.41, 5.74) is 3.87. The Labute approximate surface area is 142 Å². The molecule has 0 fully saturated rings. The summed E-state index contributed by atoms with van der Waals surface area (Å²) in [7, 11) is -1.60. The van der Waals surface area contributed by atoms with Gasteiger partial charge in [0, 0.05) is 13.6 Å². The van der Waals surface area contributed by atoms with Crippen LogP contribution in [0.5, 0.6) is 0 Å². The minimum absolute atomic E-state index is 0.237. The molecular weight excluding hydrogens is 322 g/mol. The van der Waals surface area contributed by atoms with E-state index in [1.807, 2.05) is 41.9 Å². The summed E-state index contributed by atoms with van der Waals surface area (Å²) in [6.45, 7) is 4.39. The number of sulfonamides is 1. The molecule has 0 spiro atoms. The van der Waals surface area contributed by atoms with Gasteiger partial charge in [-0.15, -0.1) is 0 Å². The largest absolute Gasteiger partial charge is 0.334 e. The molecule has 5 nitrogen and oxygen atoms in total. The Bertz CT molecular complexity index is 958. The topological polar surface area (TPSA) is 64.0 Å². The summed E-state index contributed by atoms with van der Waals surface area (Å²) >= 11 is 0. The third-order valence-corrected chi connectivity index (χ3v) is 5.53. The highest BCUT2D eigenvalue weighted by atomic mass is 32.2. The quantitative estimate of drug-likeness (QED) is 0.774. The highest BCUT2D eigenvalue weighted by molar-refractivity contribution is 7.89. The van der Waals surface area contributed by atoms with Crippen LogP contribution in [-0.2, 0) is 23.6 Å². The van der Waals surface area contributed by atoms with Gasteiger partial charge >= 0.3 is 0 Å². The highest BCUT2D eigenvalue weighted by Gasteiger charge is 2.14. The third kappa shape index (κ3) is 3.34. The van der Waals surface area contributed by atoms with Crippen molar-refractivity contribution in [3.05, 3.63) is 59.9 Å². The van der Waals surface area contributed by atoms with E-state index in [0.717, 1.165) is 22.2 Å². The Morgan fingerprint density at radius 3 is 2.50 bits per heavy atom. The maximum atomic E-state index is 12.4. The molecule has 0 atom stereocenters. The zero-order valence-corrected chi connectivity index (χ0v) is 14.8. The van der Waals surface area contributed by atoms with Gasteiger partial charge < -0.3 is 4.57 Å². The van der Waals surface area contributed by atoms with Gasteiger partial charge in [-0.25, -0.2) is 18.1 Å². The standard InChI is InChI=1S/C18H21N3O2S/c1-13(2)15-5-7-16(8-6-15)24(22,23)20-11-14-4-9-18-17(10-14)19-12-21(18)3/h4-10,12-13,20H,11H2,1-3H3. The molecule has 2 aromatic carbocycles. The molecule has 0 bridgehead atoms. The van der Waals surface area contributed by atoms with Crippen LogP contribution in [0.4, 0.5) is 0 Å². The van der Waals surface area contributed by atoms with Crippen molar-refractivity contribution >= 4 is 21.1 Å². The number of fused-ring (bicyclic) bond motifs is 1. The van der Waals surface area contributed by atoms with Crippen molar-refractivity contribution in [3.8, 4) is 0 Å². The van der Waals surface area contributed by atoms with Crippen molar-refractivity contribution in [1.29, 1.82) is 0 Å². The molecule has 6 heteroatoms. The fourth-order valence-corrected chi connectivity index (χ4v) is 3.60. The fourth-order valence-electron chi connectivity index (χ4n) is 2.59. The lowest BCUT2D eigenvalue weighted by Gasteiger charge is -2.09. The Morgan fingerprint density at radius 1 is 1.12 bits per heavy atom. The summed E-state index contributed by atoms with van der Waals surface area (Å²) in [6.07, 6.45) is 1.74. The van der Waals surface area contributed by atoms with Crippen LogP contribution in [-0.4, -0.2) is 18.0 Å². The third-order valence-electron chi connectivity index (χ3n) is 4.11. The predicted molar refractivity (Wildman–Crippen MR) is 95.3 cm³/mol. The van der Waals surface area contributed by atoms with Crippen LogP contribution >= 0.6 is 0 Å². The Hall–Kier alpha value is -2.18. The summed E-state index contributed by atoms with van der Waals surface area (Å²) in [5.74, 6) is 0.375. The normalized spacial score (nSPS) is 12.2. The van der Waals surface area contributed by atoms with Crippen molar-refractivity contribution in [2.75, 3.05) is 0 Å². The molecule has 0 radical (unpaired) electrons. The summed E-state index contributed by atoms with van der Waals surface area (Å²) in [4.78, 5) is 4.58. The number of nitrogens with one attached hydrogen (secondary N) is 1. The molecule has 0 aliphatic heterocycles. The van der Waals surface area contributed by atoms with Crippen LogP contribution in [0.15, 0.2) is 53.7 Å². The molecule has 1 N–H and O–H groups in total. The molecular formula is C18H21N3O2S. The molecule has 3 rings (SSSR count). The zero-order chi connectivity index (χ0) is 17.3. The molecule has 3 aromatic rings. The van der Waals surface area contributed by atoms with Gasteiger partial charge in [-0.1, -0.05) is 32.0 Å². The molecule has 0 amide bonds. The molecule has 0 aliphatic rings. The second-order valence-corrected chi connectivity index (χ2v) is 7.99. The summed E-state index contributed by atoms with van der Waals surface area (Å²) in [6, 6.07) is 12.8. The van der Waals surface area contributed by atoms with E-state index in [4.69, 9.17) is 0 Å². The number of hydrogen-bond donors (Lipinski definition) is 1.